The van der Waals surface area contributed by atoms with Gasteiger partial charge in [0.1, 0.15) is 0 Å². The number of hydrogen-bond donors (Lipinski definition) is 1. The van der Waals surface area contributed by atoms with Crippen molar-refractivity contribution < 1.29 is 14.6 Å². The molecule has 0 amide bonds. The molecule has 1 fully saturated rings. The van der Waals surface area contributed by atoms with E-state index in [0.717, 1.165) is 32.5 Å². The number of aliphatic hydroxyl groups excluding tert-OH is 1. The maximum atomic E-state index is 11.4. The number of methoxy groups -OCH3 is 1. The fourth-order valence-electron chi connectivity index (χ4n) is 2.08. The Labute approximate surface area is 91.2 Å². The zero-order valence-corrected chi connectivity index (χ0v) is 9.61. The summed E-state index contributed by atoms with van der Waals surface area (Å²) in [6, 6.07) is 0. The molecule has 1 rings (SSSR count). The van der Waals surface area contributed by atoms with Gasteiger partial charge in [0.25, 0.3) is 0 Å². The monoisotopic (exact) mass is 215 g/mol. The molecule has 4 nitrogen and oxygen atoms in total. The Morgan fingerprint density at radius 3 is 3.00 bits per heavy atom. The lowest BCUT2D eigenvalue weighted by Gasteiger charge is -2.32. The third-order valence-corrected chi connectivity index (χ3v) is 2.92. The Balaban J connectivity index is 2.38. The Hall–Kier alpha value is -0.610. The molecule has 0 saturated carbocycles. The van der Waals surface area contributed by atoms with Crippen LogP contribution in [0.4, 0.5) is 0 Å². The maximum Gasteiger partial charge on any atom is 0.309 e. The molecule has 0 bridgehead atoms. The molecule has 0 aromatic heterocycles. The number of ether oxygens (including phenoxy) is 1. The summed E-state index contributed by atoms with van der Waals surface area (Å²) in [4.78, 5) is 13.6. The molecule has 1 saturated heterocycles. The highest BCUT2D eigenvalue weighted by atomic mass is 16.5. The minimum atomic E-state index is -0.101. The summed E-state index contributed by atoms with van der Waals surface area (Å²) in [5, 5.41) is 8.97. The fourth-order valence-corrected chi connectivity index (χ4v) is 2.08. The van der Waals surface area contributed by atoms with E-state index in [4.69, 9.17) is 9.84 Å². The SMILES string of the molecule is COC(=O)C1CCCN(CC(C)CO)C1. The van der Waals surface area contributed by atoms with E-state index in [9.17, 15) is 4.79 Å². The molecule has 15 heavy (non-hydrogen) atoms. The minimum Gasteiger partial charge on any atom is -0.469 e. The van der Waals surface area contributed by atoms with E-state index < -0.39 is 0 Å². The topological polar surface area (TPSA) is 49.8 Å². The molecule has 1 aliphatic heterocycles. The van der Waals surface area contributed by atoms with Crippen LogP contribution in [0.2, 0.25) is 0 Å². The molecule has 1 N–H and O–H groups in total. The molecule has 0 aromatic rings. The van der Waals surface area contributed by atoms with Crippen LogP contribution >= 0.6 is 0 Å². The Kier molecular flexibility index (Phi) is 5.05. The van der Waals surface area contributed by atoms with Crippen molar-refractivity contribution >= 4 is 5.97 Å². The molecule has 0 radical (unpaired) electrons. The van der Waals surface area contributed by atoms with E-state index in [0.29, 0.717) is 0 Å². The highest BCUT2D eigenvalue weighted by Gasteiger charge is 2.26. The smallest absolute Gasteiger partial charge is 0.309 e. The maximum absolute atomic E-state index is 11.4. The number of carbonyl (C=O) groups is 1. The number of carbonyl (C=O) groups excluding carboxylic acids is 1. The van der Waals surface area contributed by atoms with Crippen LogP contribution in [0.15, 0.2) is 0 Å². The lowest BCUT2D eigenvalue weighted by atomic mass is 9.97. The lowest BCUT2D eigenvalue weighted by Crippen LogP contribution is -2.41. The molecule has 2 atom stereocenters. The van der Waals surface area contributed by atoms with Gasteiger partial charge >= 0.3 is 5.97 Å². The zero-order chi connectivity index (χ0) is 11.3. The van der Waals surface area contributed by atoms with Crippen molar-refractivity contribution in [3.8, 4) is 0 Å². The average Bonchev–Trinajstić information content (AvgIpc) is 2.28. The van der Waals surface area contributed by atoms with Crippen LogP contribution in [0.3, 0.4) is 0 Å². The van der Waals surface area contributed by atoms with Gasteiger partial charge in [0.15, 0.2) is 0 Å². The summed E-state index contributed by atoms with van der Waals surface area (Å²) in [5.41, 5.74) is 0. The molecule has 88 valence electrons. The minimum absolute atomic E-state index is 0.0228. The zero-order valence-electron chi connectivity index (χ0n) is 9.61. The highest BCUT2D eigenvalue weighted by Crippen LogP contribution is 2.18. The first-order valence-electron chi connectivity index (χ1n) is 5.58. The van der Waals surface area contributed by atoms with Crippen LogP contribution in [-0.2, 0) is 9.53 Å². The second kappa shape index (κ2) is 6.08. The Bertz CT molecular complexity index is 208. The van der Waals surface area contributed by atoms with Gasteiger partial charge < -0.3 is 14.7 Å². The van der Waals surface area contributed by atoms with Gasteiger partial charge in [-0.1, -0.05) is 6.92 Å². The molecule has 0 aromatic carbocycles. The molecule has 4 heteroatoms. The van der Waals surface area contributed by atoms with Gasteiger partial charge in [-0.15, -0.1) is 0 Å². The normalized spacial score (nSPS) is 24.9. The van der Waals surface area contributed by atoms with Gasteiger partial charge in [0.05, 0.1) is 13.0 Å². The van der Waals surface area contributed by atoms with Gasteiger partial charge in [-0.05, 0) is 25.3 Å². The number of piperidine rings is 1. The van der Waals surface area contributed by atoms with Crippen molar-refractivity contribution in [3.05, 3.63) is 0 Å². The molecule has 0 aliphatic carbocycles. The first-order valence-corrected chi connectivity index (χ1v) is 5.58. The van der Waals surface area contributed by atoms with Crippen LogP contribution in [-0.4, -0.2) is 49.3 Å². The van der Waals surface area contributed by atoms with E-state index >= 15 is 0 Å². The molecule has 0 spiro atoms. The fraction of sp³-hybridized carbons (Fsp3) is 0.909. The highest BCUT2D eigenvalue weighted by molar-refractivity contribution is 5.72. The summed E-state index contributed by atoms with van der Waals surface area (Å²) < 4.78 is 4.75. The molecular weight excluding hydrogens is 194 g/mol. The largest absolute Gasteiger partial charge is 0.469 e. The first-order chi connectivity index (χ1) is 7.17. The summed E-state index contributed by atoms with van der Waals surface area (Å²) in [5.74, 6) is 0.201. The summed E-state index contributed by atoms with van der Waals surface area (Å²) >= 11 is 0. The van der Waals surface area contributed by atoms with Crippen molar-refractivity contribution in [2.75, 3.05) is 33.4 Å². The number of aliphatic hydroxyl groups is 1. The van der Waals surface area contributed by atoms with Crippen molar-refractivity contribution in [2.24, 2.45) is 11.8 Å². The summed E-state index contributed by atoms with van der Waals surface area (Å²) in [6.07, 6.45) is 1.97. The summed E-state index contributed by atoms with van der Waals surface area (Å²) in [6.45, 7) is 4.89. The average molecular weight is 215 g/mol. The van der Waals surface area contributed by atoms with Crippen LogP contribution in [0.5, 0.6) is 0 Å². The Morgan fingerprint density at radius 1 is 1.67 bits per heavy atom. The first kappa shape index (κ1) is 12.5. The summed E-state index contributed by atoms with van der Waals surface area (Å²) in [7, 11) is 1.44. The standard InChI is InChI=1S/C11H21NO3/c1-9(8-13)6-12-5-3-4-10(7-12)11(14)15-2/h9-10,13H,3-8H2,1-2H3. The van der Waals surface area contributed by atoms with E-state index in [2.05, 4.69) is 4.90 Å². The predicted molar refractivity (Wildman–Crippen MR) is 57.4 cm³/mol. The van der Waals surface area contributed by atoms with E-state index in [1.54, 1.807) is 0 Å². The van der Waals surface area contributed by atoms with E-state index in [1.165, 1.54) is 7.11 Å². The number of esters is 1. The quantitative estimate of drug-likeness (QED) is 0.694. The third-order valence-electron chi connectivity index (χ3n) is 2.92. The van der Waals surface area contributed by atoms with Gasteiger partial charge in [-0.25, -0.2) is 0 Å². The third kappa shape index (κ3) is 3.80. The molecule has 1 heterocycles. The molecule has 2 unspecified atom stereocenters. The number of nitrogens with zero attached hydrogens (tertiary/aromatic N) is 1. The van der Waals surface area contributed by atoms with Crippen LogP contribution in [0, 0.1) is 11.8 Å². The van der Waals surface area contributed by atoms with Gasteiger partial charge in [0.2, 0.25) is 0 Å². The Morgan fingerprint density at radius 2 is 2.40 bits per heavy atom. The number of hydrogen-bond acceptors (Lipinski definition) is 4. The number of rotatable bonds is 4. The van der Waals surface area contributed by atoms with Crippen molar-refractivity contribution in [1.82, 2.24) is 4.90 Å². The number of likely N-dealkylation sites (tertiary alicyclic amines) is 1. The predicted octanol–water partition coefficient (Wildman–Crippen LogP) is 0.500. The van der Waals surface area contributed by atoms with Crippen molar-refractivity contribution in [3.63, 3.8) is 0 Å². The lowest BCUT2D eigenvalue weighted by molar-refractivity contribution is -0.147. The van der Waals surface area contributed by atoms with E-state index in [1.807, 2.05) is 6.92 Å². The van der Waals surface area contributed by atoms with Gasteiger partial charge in [-0.3, -0.25) is 4.79 Å². The van der Waals surface area contributed by atoms with Crippen LogP contribution in [0.1, 0.15) is 19.8 Å². The second-order valence-corrected chi connectivity index (χ2v) is 4.41. The molecule has 1 aliphatic rings. The van der Waals surface area contributed by atoms with Crippen molar-refractivity contribution in [1.29, 1.82) is 0 Å². The van der Waals surface area contributed by atoms with Gasteiger partial charge in [-0.2, -0.15) is 0 Å². The van der Waals surface area contributed by atoms with Crippen LogP contribution in [0.25, 0.3) is 0 Å². The molecular formula is C11H21NO3. The second-order valence-electron chi connectivity index (χ2n) is 4.41. The van der Waals surface area contributed by atoms with Gasteiger partial charge in [0, 0.05) is 19.7 Å². The van der Waals surface area contributed by atoms with Crippen molar-refractivity contribution in [2.45, 2.75) is 19.8 Å². The van der Waals surface area contributed by atoms with E-state index in [-0.39, 0.29) is 24.4 Å². The van der Waals surface area contributed by atoms with Crippen LogP contribution < -0.4 is 0 Å².